The summed E-state index contributed by atoms with van der Waals surface area (Å²) in [5.41, 5.74) is 1.97. The Balaban J connectivity index is 1.79. The largest absolute Gasteiger partial charge is 0.483 e. The summed E-state index contributed by atoms with van der Waals surface area (Å²) in [7, 11) is 0. The monoisotopic (exact) mass is 582 g/mol. The van der Waals surface area contributed by atoms with E-state index in [0.29, 0.717) is 28.1 Å². The van der Waals surface area contributed by atoms with Gasteiger partial charge in [-0.1, -0.05) is 68.9 Å². The Morgan fingerprint density at radius 3 is 2.43 bits per heavy atom. The van der Waals surface area contributed by atoms with Gasteiger partial charge in [-0.2, -0.15) is 0 Å². The maximum absolute atomic E-state index is 13.4. The fourth-order valence-corrected chi connectivity index (χ4v) is 5.17. The van der Waals surface area contributed by atoms with Gasteiger partial charge < -0.3 is 15.0 Å². The molecule has 1 saturated carbocycles. The van der Waals surface area contributed by atoms with Crippen LogP contribution in [0.2, 0.25) is 10.0 Å². The van der Waals surface area contributed by atoms with Crippen LogP contribution in [0, 0.1) is 0 Å². The number of hydrogen-bond donors (Lipinski definition) is 1. The molecule has 1 aliphatic rings. The highest BCUT2D eigenvalue weighted by Gasteiger charge is 2.31. The third kappa shape index (κ3) is 7.61. The molecule has 0 unspecified atom stereocenters. The lowest BCUT2D eigenvalue weighted by Crippen LogP contribution is -2.52. The fraction of sp³-hybridized carbons (Fsp3) is 0.481. The zero-order chi connectivity index (χ0) is 25.5. The van der Waals surface area contributed by atoms with Gasteiger partial charge in [0.25, 0.3) is 5.91 Å². The summed E-state index contributed by atoms with van der Waals surface area (Å²) in [5.74, 6) is 0.563. The van der Waals surface area contributed by atoms with Crippen LogP contribution in [0.25, 0.3) is 0 Å². The Hall–Kier alpha value is -1.76. The molecule has 0 radical (unpaired) electrons. The van der Waals surface area contributed by atoms with Gasteiger partial charge in [-0.3, -0.25) is 9.59 Å². The fourth-order valence-electron chi connectivity index (χ4n) is 4.34. The number of carbonyl (C=O) groups is 2. The van der Waals surface area contributed by atoms with Crippen molar-refractivity contribution >= 4 is 50.9 Å². The number of benzene rings is 2. The second kappa shape index (κ2) is 13.0. The predicted octanol–water partition coefficient (Wildman–Crippen LogP) is 7.12. The number of ether oxygens (including phenoxy) is 1. The van der Waals surface area contributed by atoms with E-state index >= 15 is 0 Å². The minimum atomic E-state index is -0.618. The van der Waals surface area contributed by atoms with Crippen LogP contribution in [0.5, 0.6) is 5.75 Å². The summed E-state index contributed by atoms with van der Waals surface area (Å²) < 4.78 is 6.68. The lowest BCUT2D eigenvalue weighted by molar-refractivity contribution is -0.143. The van der Waals surface area contributed by atoms with E-state index in [1.807, 2.05) is 31.2 Å². The van der Waals surface area contributed by atoms with Crippen molar-refractivity contribution < 1.29 is 14.3 Å². The third-order valence-electron chi connectivity index (χ3n) is 6.40. The molecular weight excluding hydrogens is 551 g/mol. The molecule has 0 spiro atoms. The van der Waals surface area contributed by atoms with E-state index in [0.717, 1.165) is 35.7 Å². The minimum absolute atomic E-state index is 0.129. The molecule has 0 aliphatic heterocycles. The Labute approximate surface area is 226 Å². The van der Waals surface area contributed by atoms with Gasteiger partial charge in [-0.25, -0.2) is 0 Å². The standard InChI is InChI=1S/C27H33BrCl2N2O3/c1-4-24(27(34)31-20-7-5-6-8-20)32(15-18-9-11-22(29)23(30)13-18)26(33)16-35-25-12-10-19(17(2)3)14-21(25)28/h9-14,17,20,24H,4-8,15-16H2,1-3H3,(H,31,34)/t24-/m1/s1. The van der Waals surface area contributed by atoms with Gasteiger partial charge in [0.1, 0.15) is 11.8 Å². The van der Waals surface area contributed by atoms with E-state index in [2.05, 4.69) is 35.1 Å². The molecule has 35 heavy (non-hydrogen) atoms. The molecule has 2 aromatic carbocycles. The molecular formula is C27H33BrCl2N2O3. The summed E-state index contributed by atoms with van der Waals surface area (Å²) in [6, 6.07) is 10.7. The van der Waals surface area contributed by atoms with E-state index in [-0.39, 0.29) is 31.0 Å². The van der Waals surface area contributed by atoms with Crippen LogP contribution in [-0.4, -0.2) is 35.4 Å². The van der Waals surface area contributed by atoms with Crippen LogP contribution < -0.4 is 10.1 Å². The molecule has 2 amide bonds. The Morgan fingerprint density at radius 2 is 1.83 bits per heavy atom. The average molecular weight is 584 g/mol. The summed E-state index contributed by atoms with van der Waals surface area (Å²) >= 11 is 15.8. The van der Waals surface area contributed by atoms with Crippen molar-refractivity contribution in [1.29, 1.82) is 0 Å². The van der Waals surface area contributed by atoms with Gasteiger partial charge in [-0.15, -0.1) is 0 Å². The molecule has 1 fully saturated rings. The number of halogens is 3. The van der Waals surface area contributed by atoms with Gasteiger partial charge >= 0.3 is 0 Å². The van der Waals surface area contributed by atoms with Crippen LogP contribution in [0.4, 0.5) is 0 Å². The van der Waals surface area contributed by atoms with Crippen LogP contribution in [0.15, 0.2) is 40.9 Å². The zero-order valence-corrected chi connectivity index (χ0v) is 23.5. The molecule has 0 heterocycles. The first-order chi connectivity index (χ1) is 16.7. The third-order valence-corrected chi connectivity index (χ3v) is 7.76. The van der Waals surface area contributed by atoms with Crippen molar-refractivity contribution in [3.63, 3.8) is 0 Å². The first-order valence-corrected chi connectivity index (χ1v) is 13.7. The van der Waals surface area contributed by atoms with Crippen LogP contribution in [0.1, 0.15) is 69.9 Å². The van der Waals surface area contributed by atoms with Crippen LogP contribution >= 0.6 is 39.1 Å². The van der Waals surface area contributed by atoms with Gasteiger partial charge in [0, 0.05) is 12.6 Å². The van der Waals surface area contributed by atoms with Crippen molar-refractivity contribution in [3.8, 4) is 5.75 Å². The second-order valence-electron chi connectivity index (χ2n) is 9.32. The van der Waals surface area contributed by atoms with E-state index in [9.17, 15) is 9.59 Å². The quantitative estimate of drug-likeness (QED) is 0.324. The SMILES string of the molecule is CC[C@H](C(=O)NC1CCCC1)N(Cc1ccc(Cl)c(Cl)c1)C(=O)COc1ccc(C(C)C)cc1Br. The van der Waals surface area contributed by atoms with Crippen LogP contribution in [-0.2, 0) is 16.1 Å². The van der Waals surface area contributed by atoms with Crippen molar-refractivity contribution in [3.05, 3.63) is 62.0 Å². The lowest BCUT2D eigenvalue weighted by Gasteiger charge is -2.31. The maximum Gasteiger partial charge on any atom is 0.261 e. The molecule has 0 saturated heterocycles. The molecule has 8 heteroatoms. The number of amides is 2. The van der Waals surface area contributed by atoms with Crippen molar-refractivity contribution in [2.45, 2.75) is 77.4 Å². The first-order valence-electron chi connectivity index (χ1n) is 12.2. The van der Waals surface area contributed by atoms with Gasteiger partial charge in [0.05, 0.1) is 14.5 Å². The Bertz CT molecular complexity index is 1040. The van der Waals surface area contributed by atoms with E-state index in [1.54, 1.807) is 17.0 Å². The van der Waals surface area contributed by atoms with E-state index in [1.165, 1.54) is 5.56 Å². The van der Waals surface area contributed by atoms with Gasteiger partial charge in [0.15, 0.2) is 6.61 Å². The molecule has 1 N–H and O–H groups in total. The topological polar surface area (TPSA) is 58.6 Å². The first kappa shape index (κ1) is 27.8. The number of carbonyl (C=O) groups excluding carboxylic acids is 2. The number of hydrogen-bond acceptors (Lipinski definition) is 3. The molecule has 1 atom stereocenters. The van der Waals surface area contributed by atoms with Crippen LogP contribution in [0.3, 0.4) is 0 Å². The average Bonchev–Trinajstić information content (AvgIpc) is 3.33. The normalized spacial score (nSPS) is 14.7. The molecule has 2 aromatic rings. The molecule has 0 aromatic heterocycles. The second-order valence-corrected chi connectivity index (χ2v) is 11.0. The molecule has 3 rings (SSSR count). The van der Waals surface area contributed by atoms with E-state index < -0.39 is 6.04 Å². The summed E-state index contributed by atoms with van der Waals surface area (Å²) in [4.78, 5) is 28.2. The lowest BCUT2D eigenvalue weighted by atomic mass is 10.0. The number of nitrogens with one attached hydrogen (secondary N) is 1. The highest BCUT2D eigenvalue weighted by molar-refractivity contribution is 9.10. The van der Waals surface area contributed by atoms with Gasteiger partial charge in [-0.05, 0) is 76.5 Å². The van der Waals surface area contributed by atoms with E-state index in [4.69, 9.17) is 27.9 Å². The van der Waals surface area contributed by atoms with Crippen molar-refractivity contribution in [2.75, 3.05) is 6.61 Å². The summed E-state index contributed by atoms with van der Waals surface area (Å²) in [6.45, 7) is 6.19. The molecule has 5 nitrogen and oxygen atoms in total. The smallest absolute Gasteiger partial charge is 0.261 e. The highest BCUT2D eigenvalue weighted by Crippen LogP contribution is 2.29. The molecule has 190 valence electrons. The van der Waals surface area contributed by atoms with Gasteiger partial charge in [0.2, 0.25) is 5.91 Å². The Kier molecular flexibility index (Phi) is 10.3. The van der Waals surface area contributed by atoms with Crippen molar-refractivity contribution in [2.24, 2.45) is 0 Å². The minimum Gasteiger partial charge on any atom is -0.483 e. The number of nitrogens with zero attached hydrogens (tertiary/aromatic N) is 1. The maximum atomic E-state index is 13.4. The molecule has 1 aliphatic carbocycles. The highest BCUT2D eigenvalue weighted by atomic mass is 79.9. The predicted molar refractivity (Wildman–Crippen MR) is 145 cm³/mol. The van der Waals surface area contributed by atoms with Crippen molar-refractivity contribution in [1.82, 2.24) is 10.2 Å². The summed E-state index contributed by atoms with van der Waals surface area (Å²) in [6.07, 6.45) is 4.68. The molecule has 0 bridgehead atoms. The number of rotatable bonds is 10. The summed E-state index contributed by atoms with van der Waals surface area (Å²) in [5, 5.41) is 3.99. The Morgan fingerprint density at radius 1 is 1.11 bits per heavy atom. The zero-order valence-electron chi connectivity index (χ0n) is 20.5.